The number of amides is 2. The van der Waals surface area contributed by atoms with Gasteiger partial charge in [-0.15, -0.1) is 0 Å². The molecular weight excluding hydrogens is 356 g/mol. The van der Waals surface area contributed by atoms with Crippen LogP contribution in [0, 0.1) is 5.92 Å². The van der Waals surface area contributed by atoms with E-state index in [1.54, 1.807) is 0 Å². The van der Waals surface area contributed by atoms with Crippen molar-refractivity contribution in [1.82, 2.24) is 4.90 Å². The van der Waals surface area contributed by atoms with Crippen LogP contribution < -0.4 is 5.06 Å². The highest BCUT2D eigenvalue weighted by Gasteiger charge is 2.51. The van der Waals surface area contributed by atoms with Gasteiger partial charge in [0.2, 0.25) is 5.91 Å². The maximum absolute atomic E-state index is 13.4. The molecule has 2 fully saturated rings. The van der Waals surface area contributed by atoms with Gasteiger partial charge in [0.25, 0.3) is 0 Å². The van der Waals surface area contributed by atoms with Gasteiger partial charge in [0, 0.05) is 0 Å². The van der Waals surface area contributed by atoms with Crippen molar-refractivity contribution in [3.8, 4) is 0 Å². The lowest BCUT2D eigenvalue weighted by Crippen LogP contribution is -2.42. The predicted molar refractivity (Wildman–Crippen MR) is 104 cm³/mol. The number of carbonyl (C=O) groups is 2. The molecule has 6 nitrogen and oxygen atoms in total. The second-order valence-electron chi connectivity index (χ2n) is 7.08. The lowest BCUT2D eigenvalue weighted by atomic mass is 9.86. The summed E-state index contributed by atoms with van der Waals surface area (Å²) in [5.41, 5.74) is 1.87. The average Bonchev–Trinajstić information content (AvgIpc) is 3.33. The third kappa shape index (κ3) is 3.36. The van der Waals surface area contributed by atoms with E-state index >= 15 is 0 Å². The standard InChI is InChI=1S/C22H24N2O4/c1-2-9-18-19(21(25)23-14-15-27-22(23)26)20(16-10-5-3-6-11-16)24(28-18)17-12-7-4-8-13-17/h3-8,10-13,18-20H,2,9,14-15H2,1H3/t18-,19-,20+/m1/s1. The number of para-hydroxylation sites is 1. The molecule has 2 heterocycles. The fourth-order valence-electron chi connectivity index (χ4n) is 4.00. The Morgan fingerprint density at radius 2 is 1.75 bits per heavy atom. The summed E-state index contributed by atoms with van der Waals surface area (Å²) >= 11 is 0. The van der Waals surface area contributed by atoms with E-state index in [1.807, 2.05) is 65.7 Å². The molecule has 2 aromatic carbocycles. The van der Waals surface area contributed by atoms with Crippen LogP contribution in [-0.4, -0.2) is 36.2 Å². The van der Waals surface area contributed by atoms with E-state index in [4.69, 9.17) is 9.57 Å². The third-order valence-corrected chi connectivity index (χ3v) is 5.28. The van der Waals surface area contributed by atoms with Gasteiger partial charge in [-0.25, -0.2) is 14.8 Å². The Morgan fingerprint density at radius 1 is 1.07 bits per heavy atom. The Balaban J connectivity index is 1.77. The molecule has 2 aliphatic rings. The fourth-order valence-corrected chi connectivity index (χ4v) is 4.00. The maximum atomic E-state index is 13.4. The van der Waals surface area contributed by atoms with E-state index < -0.39 is 12.0 Å². The van der Waals surface area contributed by atoms with E-state index in [9.17, 15) is 9.59 Å². The van der Waals surface area contributed by atoms with Gasteiger partial charge in [-0.1, -0.05) is 61.9 Å². The molecule has 0 N–H and O–H groups in total. The van der Waals surface area contributed by atoms with Crippen LogP contribution >= 0.6 is 0 Å². The van der Waals surface area contributed by atoms with Gasteiger partial charge in [0.05, 0.1) is 30.3 Å². The lowest BCUT2D eigenvalue weighted by molar-refractivity contribution is -0.134. The summed E-state index contributed by atoms with van der Waals surface area (Å²) in [6.45, 7) is 2.60. The summed E-state index contributed by atoms with van der Waals surface area (Å²) in [4.78, 5) is 33.0. The van der Waals surface area contributed by atoms with Crippen molar-refractivity contribution >= 4 is 17.7 Å². The van der Waals surface area contributed by atoms with Crippen LogP contribution in [0.5, 0.6) is 0 Å². The quantitative estimate of drug-likeness (QED) is 0.786. The zero-order valence-electron chi connectivity index (χ0n) is 15.9. The molecule has 28 heavy (non-hydrogen) atoms. The number of carbonyl (C=O) groups excluding carboxylic acids is 2. The Kier molecular flexibility index (Phi) is 5.30. The first kappa shape index (κ1) is 18.5. The van der Waals surface area contributed by atoms with Gasteiger partial charge in [0.15, 0.2) is 0 Å². The third-order valence-electron chi connectivity index (χ3n) is 5.28. The molecule has 4 rings (SSSR count). The van der Waals surface area contributed by atoms with Gasteiger partial charge >= 0.3 is 6.09 Å². The molecule has 0 spiro atoms. The number of rotatable bonds is 5. The first-order valence-corrected chi connectivity index (χ1v) is 9.75. The Hall–Kier alpha value is -2.86. The molecule has 0 unspecified atom stereocenters. The molecule has 0 radical (unpaired) electrons. The highest BCUT2D eigenvalue weighted by atomic mass is 16.7. The summed E-state index contributed by atoms with van der Waals surface area (Å²) in [6, 6.07) is 19.3. The molecule has 0 saturated carbocycles. The van der Waals surface area contributed by atoms with Gasteiger partial charge in [-0.3, -0.25) is 9.63 Å². The van der Waals surface area contributed by atoms with Crippen molar-refractivity contribution < 1.29 is 19.2 Å². The van der Waals surface area contributed by atoms with Crippen molar-refractivity contribution in [2.45, 2.75) is 31.9 Å². The highest BCUT2D eigenvalue weighted by molar-refractivity contribution is 5.95. The van der Waals surface area contributed by atoms with E-state index in [0.717, 1.165) is 24.1 Å². The number of cyclic esters (lactones) is 1. The first-order valence-electron chi connectivity index (χ1n) is 9.75. The minimum absolute atomic E-state index is 0.228. The molecule has 2 saturated heterocycles. The number of hydrogen-bond acceptors (Lipinski definition) is 5. The minimum atomic E-state index is -0.565. The van der Waals surface area contributed by atoms with E-state index in [-0.39, 0.29) is 24.7 Å². The van der Waals surface area contributed by atoms with Crippen molar-refractivity contribution in [1.29, 1.82) is 0 Å². The highest BCUT2D eigenvalue weighted by Crippen LogP contribution is 2.44. The summed E-state index contributed by atoms with van der Waals surface area (Å²) in [7, 11) is 0. The SMILES string of the molecule is CCC[C@H]1ON(c2ccccc2)[C@@H](c2ccccc2)[C@@H]1C(=O)N1CCOC1=O. The summed E-state index contributed by atoms with van der Waals surface area (Å²) in [5, 5.41) is 1.83. The second-order valence-corrected chi connectivity index (χ2v) is 7.08. The maximum Gasteiger partial charge on any atom is 0.416 e. The monoisotopic (exact) mass is 380 g/mol. The van der Waals surface area contributed by atoms with Gasteiger partial charge in [-0.2, -0.15) is 0 Å². The molecule has 6 heteroatoms. The largest absolute Gasteiger partial charge is 0.447 e. The Labute approximate surface area is 164 Å². The Bertz CT molecular complexity index is 827. The molecule has 2 aliphatic heterocycles. The van der Waals surface area contributed by atoms with Crippen LogP contribution in [0.1, 0.15) is 31.4 Å². The Morgan fingerprint density at radius 3 is 2.36 bits per heavy atom. The smallest absolute Gasteiger partial charge is 0.416 e. The summed E-state index contributed by atoms with van der Waals surface area (Å²) in [6.07, 6.45) is 0.733. The van der Waals surface area contributed by atoms with Crippen molar-refractivity contribution in [2.75, 3.05) is 18.2 Å². The molecule has 2 amide bonds. The van der Waals surface area contributed by atoms with Crippen LogP contribution in [0.2, 0.25) is 0 Å². The van der Waals surface area contributed by atoms with Crippen LogP contribution in [0.15, 0.2) is 60.7 Å². The minimum Gasteiger partial charge on any atom is -0.447 e. The molecule has 0 aliphatic carbocycles. The second kappa shape index (κ2) is 8.02. The number of hydrogen-bond donors (Lipinski definition) is 0. The van der Waals surface area contributed by atoms with Crippen LogP contribution in [-0.2, 0) is 14.4 Å². The van der Waals surface area contributed by atoms with E-state index in [1.165, 1.54) is 4.90 Å². The molecule has 0 aromatic heterocycles. The number of hydroxylamine groups is 1. The molecule has 0 bridgehead atoms. The predicted octanol–water partition coefficient (Wildman–Crippen LogP) is 3.94. The average molecular weight is 380 g/mol. The lowest BCUT2D eigenvalue weighted by Gasteiger charge is -2.28. The number of ether oxygens (including phenoxy) is 1. The van der Waals surface area contributed by atoms with Gasteiger partial charge in [0.1, 0.15) is 6.61 Å². The fraction of sp³-hybridized carbons (Fsp3) is 0.364. The van der Waals surface area contributed by atoms with E-state index in [0.29, 0.717) is 6.54 Å². The van der Waals surface area contributed by atoms with E-state index in [2.05, 4.69) is 6.92 Å². The molecule has 3 atom stereocenters. The normalized spacial score (nSPS) is 24.5. The first-order chi connectivity index (χ1) is 13.7. The zero-order valence-corrected chi connectivity index (χ0v) is 15.9. The number of benzene rings is 2. The van der Waals surface area contributed by atoms with Gasteiger partial charge in [-0.05, 0) is 24.1 Å². The number of anilines is 1. The van der Waals surface area contributed by atoms with Gasteiger partial charge < -0.3 is 4.74 Å². The van der Waals surface area contributed by atoms with Crippen molar-refractivity contribution in [3.63, 3.8) is 0 Å². The van der Waals surface area contributed by atoms with Crippen LogP contribution in [0.3, 0.4) is 0 Å². The molecule has 2 aromatic rings. The summed E-state index contributed by atoms with van der Waals surface area (Å²) < 4.78 is 5.01. The molecular formula is C22H24N2O4. The van der Waals surface area contributed by atoms with Crippen LogP contribution in [0.25, 0.3) is 0 Å². The number of imide groups is 1. The van der Waals surface area contributed by atoms with Crippen LogP contribution in [0.4, 0.5) is 10.5 Å². The van der Waals surface area contributed by atoms with Crippen molar-refractivity contribution in [3.05, 3.63) is 66.2 Å². The van der Waals surface area contributed by atoms with Crippen molar-refractivity contribution in [2.24, 2.45) is 5.92 Å². The zero-order chi connectivity index (χ0) is 19.5. The molecule has 146 valence electrons. The number of nitrogens with zero attached hydrogens (tertiary/aromatic N) is 2. The topological polar surface area (TPSA) is 59.1 Å². The summed E-state index contributed by atoms with van der Waals surface area (Å²) in [5.74, 6) is -0.721.